The fourth-order valence-electron chi connectivity index (χ4n) is 3.62. The first-order chi connectivity index (χ1) is 14.4. The van der Waals surface area contributed by atoms with Gasteiger partial charge in [-0.1, -0.05) is 11.3 Å². The number of benzene rings is 2. The Morgan fingerprint density at radius 2 is 1.83 bits per heavy atom. The van der Waals surface area contributed by atoms with Crippen LogP contribution in [0.4, 0.5) is 5.69 Å². The Hall–Kier alpha value is -2.36. The summed E-state index contributed by atoms with van der Waals surface area (Å²) in [6, 6.07) is 11.7. The SMILES string of the molecule is CCn1c(=O)sc2cc(S(=O)(=O)Nc3ccc(OC4CCN(C)CC4)cc3)ccc21. The van der Waals surface area contributed by atoms with Crippen LogP contribution in [0.5, 0.6) is 5.75 Å². The first-order valence-corrected chi connectivity index (χ1v) is 12.3. The standard InChI is InChI=1S/C21H25N3O4S2/c1-3-24-19-9-8-18(14-20(19)29-21(24)25)30(26,27)22-15-4-6-16(7-5-15)28-17-10-12-23(2)13-11-17/h4-9,14,17,22H,3,10-13H2,1-2H3. The molecule has 1 aliphatic heterocycles. The number of sulfonamides is 1. The van der Waals surface area contributed by atoms with Crippen LogP contribution in [0, 0.1) is 0 Å². The first-order valence-electron chi connectivity index (χ1n) is 9.97. The fourth-order valence-corrected chi connectivity index (χ4v) is 5.78. The van der Waals surface area contributed by atoms with Gasteiger partial charge in [-0.15, -0.1) is 0 Å². The maximum absolute atomic E-state index is 12.8. The Labute approximate surface area is 179 Å². The zero-order valence-corrected chi connectivity index (χ0v) is 18.6. The molecule has 0 unspecified atom stereocenters. The van der Waals surface area contributed by atoms with E-state index in [1.165, 1.54) is 6.07 Å². The molecule has 0 aliphatic carbocycles. The van der Waals surface area contributed by atoms with Gasteiger partial charge in [0.15, 0.2) is 0 Å². The first kappa shape index (κ1) is 20.9. The van der Waals surface area contributed by atoms with Crippen molar-refractivity contribution in [3.8, 4) is 5.75 Å². The Morgan fingerprint density at radius 3 is 2.50 bits per heavy atom. The van der Waals surface area contributed by atoms with E-state index in [0.717, 1.165) is 48.5 Å². The van der Waals surface area contributed by atoms with E-state index >= 15 is 0 Å². The Morgan fingerprint density at radius 1 is 1.13 bits per heavy atom. The molecule has 0 radical (unpaired) electrons. The number of aryl methyl sites for hydroxylation is 1. The van der Waals surface area contributed by atoms with Gasteiger partial charge in [0, 0.05) is 25.3 Å². The van der Waals surface area contributed by atoms with E-state index in [9.17, 15) is 13.2 Å². The van der Waals surface area contributed by atoms with E-state index < -0.39 is 10.0 Å². The molecule has 2 aromatic carbocycles. The van der Waals surface area contributed by atoms with E-state index in [0.29, 0.717) is 16.9 Å². The lowest BCUT2D eigenvalue weighted by Crippen LogP contribution is -2.35. The summed E-state index contributed by atoms with van der Waals surface area (Å²) in [6.07, 6.45) is 2.16. The fraction of sp³-hybridized carbons (Fsp3) is 0.381. The Bertz CT molecular complexity index is 1190. The number of anilines is 1. The zero-order valence-electron chi connectivity index (χ0n) is 17.0. The maximum atomic E-state index is 12.8. The van der Waals surface area contributed by atoms with E-state index in [4.69, 9.17) is 4.74 Å². The van der Waals surface area contributed by atoms with Gasteiger partial charge in [0.2, 0.25) is 0 Å². The lowest BCUT2D eigenvalue weighted by Gasteiger charge is -2.29. The summed E-state index contributed by atoms with van der Waals surface area (Å²) < 4.78 is 36.5. The molecule has 4 rings (SSSR count). The van der Waals surface area contributed by atoms with Gasteiger partial charge >= 0.3 is 4.87 Å². The minimum atomic E-state index is -3.76. The summed E-state index contributed by atoms with van der Waals surface area (Å²) in [6.45, 7) is 4.47. The molecule has 9 heteroatoms. The largest absolute Gasteiger partial charge is 0.490 e. The van der Waals surface area contributed by atoms with Gasteiger partial charge < -0.3 is 9.64 Å². The number of nitrogens with zero attached hydrogens (tertiary/aromatic N) is 2. The third kappa shape index (κ3) is 4.38. The highest BCUT2D eigenvalue weighted by Gasteiger charge is 2.19. The van der Waals surface area contributed by atoms with E-state index in [-0.39, 0.29) is 15.9 Å². The second-order valence-electron chi connectivity index (χ2n) is 7.49. The third-order valence-corrected chi connectivity index (χ3v) is 7.66. The lowest BCUT2D eigenvalue weighted by atomic mass is 10.1. The van der Waals surface area contributed by atoms with Gasteiger partial charge in [0.05, 0.1) is 15.1 Å². The topological polar surface area (TPSA) is 80.6 Å². The molecule has 0 bridgehead atoms. The van der Waals surface area contributed by atoms with Crippen molar-refractivity contribution in [3.63, 3.8) is 0 Å². The number of hydrogen-bond acceptors (Lipinski definition) is 6. The van der Waals surface area contributed by atoms with Crippen molar-refractivity contribution in [2.45, 2.75) is 37.3 Å². The van der Waals surface area contributed by atoms with Crippen molar-refractivity contribution in [2.24, 2.45) is 0 Å². The van der Waals surface area contributed by atoms with Crippen LogP contribution in [0.1, 0.15) is 19.8 Å². The summed E-state index contributed by atoms with van der Waals surface area (Å²) in [5.74, 6) is 0.736. The number of likely N-dealkylation sites (tertiary alicyclic amines) is 1. The molecule has 2 heterocycles. The van der Waals surface area contributed by atoms with E-state index in [2.05, 4.69) is 16.7 Å². The molecule has 160 valence electrons. The molecule has 0 saturated carbocycles. The van der Waals surface area contributed by atoms with Crippen molar-refractivity contribution in [1.82, 2.24) is 9.47 Å². The molecule has 7 nitrogen and oxygen atoms in total. The molecule has 3 aromatic rings. The van der Waals surface area contributed by atoms with Gasteiger partial charge in [0.1, 0.15) is 11.9 Å². The predicted octanol–water partition coefficient (Wildman–Crippen LogP) is 3.36. The van der Waals surface area contributed by atoms with Crippen LogP contribution in [0.3, 0.4) is 0 Å². The maximum Gasteiger partial charge on any atom is 0.308 e. The second kappa shape index (κ2) is 8.41. The molecule has 1 fully saturated rings. The quantitative estimate of drug-likeness (QED) is 0.627. The number of thiazole rings is 1. The highest BCUT2D eigenvalue weighted by atomic mass is 32.2. The van der Waals surface area contributed by atoms with Gasteiger partial charge in [0.25, 0.3) is 10.0 Å². The molecular formula is C21H25N3O4S2. The lowest BCUT2D eigenvalue weighted by molar-refractivity contribution is 0.114. The van der Waals surface area contributed by atoms with Crippen molar-refractivity contribution in [3.05, 3.63) is 52.1 Å². The van der Waals surface area contributed by atoms with Crippen LogP contribution in [0.2, 0.25) is 0 Å². The van der Waals surface area contributed by atoms with Gasteiger partial charge in [-0.3, -0.25) is 14.1 Å². The predicted molar refractivity (Wildman–Crippen MR) is 120 cm³/mol. The molecule has 1 aliphatic rings. The van der Waals surface area contributed by atoms with Gasteiger partial charge in [-0.05, 0) is 69.3 Å². The zero-order chi connectivity index (χ0) is 21.3. The summed E-state index contributed by atoms with van der Waals surface area (Å²) in [5.41, 5.74) is 1.21. The molecule has 0 spiro atoms. The number of hydrogen-bond donors (Lipinski definition) is 1. The molecule has 1 aromatic heterocycles. The van der Waals surface area contributed by atoms with Gasteiger partial charge in [-0.2, -0.15) is 0 Å². The van der Waals surface area contributed by atoms with Crippen LogP contribution < -0.4 is 14.3 Å². The molecule has 30 heavy (non-hydrogen) atoms. The summed E-state index contributed by atoms with van der Waals surface area (Å²) in [7, 11) is -1.66. The third-order valence-electron chi connectivity index (χ3n) is 5.34. The summed E-state index contributed by atoms with van der Waals surface area (Å²) in [5, 5.41) is 0. The normalized spacial score (nSPS) is 16.1. The van der Waals surface area contributed by atoms with Crippen LogP contribution in [-0.4, -0.2) is 44.1 Å². The Kier molecular flexibility index (Phi) is 5.86. The van der Waals surface area contributed by atoms with E-state index in [1.54, 1.807) is 41.0 Å². The number of fused-ring (bicyclic) bond motifs is 1. The van der Waals surface area contributed by atoms with Crippen LogP contribution in [-0.2, 0) is 16.6 Å². The average Bonchev–Trinajstić information content (AvgIpc) is 3.05. The van der Waals surface area contributed by atoms with Crippen LogP contribution in [0.15, 0.2) is 52.2 Å². The smallest absolute Gasteiger partial charge is 0.308 e. The summed E-state index contributed by atoms with van der Waals surface area (Å²) in [4.78, 5) is 14.3. The number of rotatable bonds is 6. The molecule has 0 amide bonds. The van der Waals surface area contributed by atoms with Crippen molar-refractivity contribution in [2.75, 3.05) is 24.9 Å². The van der Waals surface area contributed by atoms with Gasteiger partial charge in [-0.25, -0.2) is 8.42 Å². The van der Waals surface area contributed by atoms with Crippen molar-refractivity contribution >= 4 is 37.3 Å². The van der Waals surface area contributed by atoms with Crippen LogP contribution in [0.25, 0.3) is 10.2 Å². The molecular weight excluding hydrogens is 422 g/mol. The minimum absolute atomic E-state index is 0.0878. The highest BCUT2D eigenvalue weighted by Crippen LogP contribution is 2.25. The number of piperidine rings is 1. The highest BCUT2D eigenvalue weighted by molar-refractivity contribution is 7.92. The van der Waals surface area contributed by atoms with Crippen molar-refractivity contribution < 1.29 is 13.2 Å². The molecule has 0 atom stereocenters. The van der Waals surface area contributed by atoms with Crippen molar-refractivity contribution in [1.29, 1.82) is 0 Å². The average molecular weight is 448 g/mol. The number of nitrogens with one attached hydrogen (secondary N) is 1. The molecule has 1 saturated heterocycles. The summed E-state index contributed by atoms with van der Waals surface area (Å²) >= 11 is 1.05. The second-order valence-corrected chi connectivity index (χ2v) is 10.2. The molecule has 1 N–H and O–H groups in total. The number of aromatic nitrogens is 1. The van der Waals surface area contributed by atoms with E-state index in [1.807, 2.05) is 6.92 Å². The number of ether oxygens (including phenoxy) is 1. The van der Waals surface area contributed by atoms with Crippen LogP contribution >= 0.6 is 11.3 Å². The Balaban J connectivity index is 1.48. The minimum Gasteiger partial charge on any atom is -0.490 e. The monoisotopic (exact) mass is 447 g/mol.